The Morgan fingerprint density at radius 1 is 1.15 bits per heavy atom. The van der Waals surface area contributed by atoms with E-state index in [-0.39, 0.29) is 40.4 Å². The Bertz CT molecular complexity index is 1190. The molecule has 0 aliphatic carbocycles. The molecule has 2 bridgehead atoms. The summed E-state index contributed by atoms with van der Waals surface area (Å²) in [5.74, 6) is -1.64. The monoisotopic (exact) mass is 545 g/mol. The lowest BCUT2D eigenvalue weighted by Gasteiger charge is -2.28. The maximum absolute atomic E-state index is 12.8. The molecule has 39 heavy (non-hydrogen) atoms. The molecule has 1 aromatic carbocycles. The van der Waals surface area contributed by atoms with Gasteiger partial charge in [-0.05, 0) is 38.8 Å². The molecule has 5 atom stereocenters. The number of hydrogen-bond acceptors (Lipinski definition) is 9. The highest BCUT2D eigenvalue weighted by Crippen LogP contribution is 2.40. The van der Waals surface area contributed by atoms with Gasteiger partial charge in [-0.2, -0.15) is 0 Å². The quantitative estimate of drug-likeness (QED) is 0.143. The number of primary amides is 1. The van der Waals surface area contributed by atoms with Gasteiger partial charge in [0.2, 0.25) is 0 Å². The van der Waals surface area contributed by atoms with E-state index in [1.165, 1.54) is 20.3 Å². The first-order valence-corrected chi connectivity index (χ1v) is 12.4. The van der Waals surface area contributed by atoms with Crippen LogP contribution in [0.3, 0.4) is 0 Å². The zero-order valence-corrected chi connectivity index (χ0v) is 23.1. The molecule has 1 aliphatic heterocycles. The number of hydrogen-bond donors (Lipinski definition) is 6. The third-order valence-corrected chi connectivity index (χ3v) is 6.54. The lowest BCUT2D eigenvalue weighted by molar-refractivity contribution is -0.112. The van der Waals surface area contributed by atoms with Gasteiger partial charge in [0.05, 0.1) is 23.6 Å². The Morgan fingerprint density at radius 2 is 1.82 bits per heavy atom. The standard InChI is InChI=1S/C28H39N3O8/c1-14-10-18-23(29)20(32)13-19(25(18)34)31-27(35)15(2)8-7-9-21(37-5)26(39-28(30)36)17(4)12-16(3)24(33)22(11-14)38-6/h7-10,12-13,16,21-22,24,26,32-34H,11,29H2,1-6H3,(H2,30,36)(H,31,35)/b9-7-,14-10-,15-8+,17-12+/t16-,21-,22-,24+,26-/m0/s1. The van der Waals surface area contributed by atoms with E-state index >= 15 is 0 Å². The SMILES string of the molecule is CO[C@H]1/C=C\C=C(/C)C(=O)Nc2cc(O)c(N)c(c2O)/C=C(/C)C[C@H](OC)[C@H](O)[C@@H](C)/C=C(\C)[C@@H]1OC(N)=O. The number of aliphatic hydroxyl groups is 1. The minimum Gasteiger partial charge on any atom is -0.506 e. The lowest BCUT2D eigenvalue weighted by atomic mass is 9.91. The molecule has 0 saturated heterocycles. The van der Waals surface area contributed by atoms with Gasteiger partial charge in [-0.3, -0.25) is 4.79 Å². The average molecular weight is 546 g/mol. The Morgan fingerprint density at radius 3 is 2.41 bits per heavy atom. The van der Waals surface area contributed by atoms with Crippen LogP contribution in [0.25, 0.3) is 6.08 Å². The number of carbonyl (C=O) groups is 2. The van der Waals surface area contributed by atoms with E-state index in [1.54, 1.807) is 52.0 Å². The number of aliphatic hydroxyl groups excluding tert-OH is 1. The van der Waals surface area contributed by atoms with Gasteiger partial charge in [-0.15, -0.1) is 0 Å². The van der Waals surface area contributed by atoms with Crippen molar-refractivity contribution >= 4 is 29.5 Å². The van der Waals surface area contributed by atoms with E-state index in [0.29, 0.717) is 11.1 Å². The number of nitrogens with one attached hydrogen (secondary N) is 1. The Balaban J connectivity index is 2.69. The van der Waals surface area contributed by atoms with E-state index < -0.39 is 42.3 Å². The first kappa shape index (κ1) is 31.4. The molecular weight excluding hydrogens is 506 g/mol. The predicted octanol–water partition coefficient (Wildman–Crippen LogP) is 3.37. The minimum atomic E-state index is -1.000. The largest absolute Gasteiger partial charge is 0.506 e. The maximum Gasteiger partial charge on any atom is 0.405 e. The fourth-order valence-electron chi connectivity index (χ4n) is 4.30. The maximum atomic E-state index is 12.8. The number of phenolic OH excluding ortho intramolecular Hbond substituents is 2. The molecule has 2 amide bonds. The summed E-state index contributed by atoms with van der Waals surface area (Å²) in [6.45, 7) is 6.83. The molecule has 0 unspecified atom stereocenters. The van der Waals surface area contributed by atoms with Gasteiger partial charge in [0.25, 0.3) is 5.91 Å². The summed E-state index contributed by atoms with van der Waals surface area (Å²) in [6.07, 6.45) is 3.89. The van der Waals surface area contributed by atoms with Crippen LogP contribution in [0.2, 0.25) is 0 Å². The minimum absolute atomic E-state index is 0.0399. The Labute approximate surface area is 228 Å². The molecule has 0 aromatic heterocycles. The molecule has 0 spiro atoms. The number of nitrogen functional groups attached to an aromatic ring is 1. The molecule has 214 valence electrons. The van der Waals surface area contributed by atoms with Crippen molar-refractivity contribution in [2.24, 2.45) is 11.7 Å². The fraction of sp³-hybridized carbons (Fsp3) is 0.429. The molecule has 8 N–H and O–H groups in total. The molecule has 1 aliphatic rings. The van der Waals surface area contributed by atoms with Gasteiger partial charge >= 0.3 is 6.09 Å². The highest BCUT2D eigenvalue weighted by Gasteiger charge is 2.28. The molecule has 0 saturated carbocycles. The highest BCUT2D eigenvalue weighted by molar-refractivity contribution is 6.05. The summed E-state index contributed by atoms with van der Waals surface area (Å²) in [6, 6.07) is 1.16. The van der Waals surface area contributed by atoms with E-state index in [0.717, 1.165) is 6.07 Å². The smallest absolute Gasteiger partial charge is 0.405 e. The second-order valence-electron chi connectivity index (χ2n) is 9.60. The molecule has 2 rings (SSSR count). The molecule has 1 aromatic rings. The van der Waals surface area contributed by atoms with E-state index in [2.05, 4.69) is 5.32 Å². The normalized spacial score (nSPS) is 30.1. The number of anilines is 2. The third kappa shape index (κ3) is 8.09. The number of rotatable bonds is 3. The van der Waals surface area contributed by atoms with Gasteiger partial charge in [-0.25, -0.2) is 4.79 Å². The van der Waals surface area contributed by atoms with Gasteiger partial charge < -0.3 is 46.3 Å². The number of nitrogens with two attached hydrogens (primary N) is 2. The second kappa shape index (κ2) is 13.8. The van der Waals surface area contributed by atoms with Crippen LogP contribution in [0.15, 0.2) is 47.1 Å². The summed E-state index contributed by atoms with van der Waals surface area (Å²) >= 11 is 0. The summed E-state index contributed by atoms with van der Waals surface area (Å²) in [5, 5.41) is 34.9. The summed E-state index contributed by atoms with van der Waals surface area (Å²) in [7, 11) is 2.90. The summed E-state index contributed by atoms with van der Waals surface area (Å²) in [5.41, 5.74) is 12.9. The Hall–Kier alpha value is -3.80. The summed E-state index contributed by atoms with van der Waals surface area (Å²) < 4.78 is 16.4. The molecule has 0 fully saturated rings. The predicted molar refractivity (Wildman–Crippen MR) is 149 cm³/mol. The van der Waals surface area contributed by atoms with Crippen molar-refractivity contribution < 1.29 is 39.1 Å². The van der Waals surface area contributed by atoms with Gasteiger partial charge in [0.15, 0.2) is 6.10 Å². The molecule has 0 radical (unpaired) electrons. The van der Waals surface area contributed by atoms with Gasteiger partial charge in [-0.1, -0.05) is 36.8 Å². The third-order valence-electron chi connectivity index (χ3n) is 6.54. The zero-order chi connectivity index (χ0) is 29.4. The van der Waals surface area contributed by atoms with Crippen LogP contribution in [0, 0.1) is 5.92 Å². The van der Waals surface area contributed by atoms with E-state index in [4.69, 9.17) is 25.7 Å². The number of ether oxygens (including phenoxy) is 3. The molecule has 11 heteroatoms. The van der Waals surface area contributed by atoms with E-state index in [1.807, 2.05) is 0 Å². The van der Waals surface area contributed by atoms with Crippen molar-refractivity contribution in [3.05, 3.63) is 52.7 Å². The van der Waals surface area contributed by atoms with Crippen LogP contribution in [-0.2, 0) is 19.0 Å². The van der Waals surface area contributed by atoms with Crippen LogP contribution < -0.4 is 16.8 Å². The van der Waals surface area contributed by atoms with Crippen molar-refractivity contribution in [2.45, 2.75) is 58.5 Å². The highest BCUT2D eigenvalue weighted by atomic mass is 16.6. The molecular formula is C28H39N3O8. The topological polar surface area (TPSA) is 187 Å². The fourth-order valence-corrected chi connectivity index (χ4v) is 4.30. The average Bonchev–Trinajstić information content (AvgIpc) is 2.88. The Kier molecular flexibility index (Phi) is 11.1. The zero-order valence-electron chi connectivity index (χ0n) is 23.1. The first-order chi connectivity index (χ1) is 18.3. The van der Waals surface area contributed by atoms with Crippen molar-refractivity contribution in [2.75, 3.05) is 25.3 Å². The van der Waals surface area contributed by atoms with Crippen LogP contribution in [-0.4, -0.2) is 66.0 Å². The van der Waals surface area contributed by atoms with Gasteiger partial charge in [0.1, 0.15) is 17.6 Å². The van der Waals surface area contributed by atoms with Crippen LogP contribution in [0.4, 0.5) is 16.2 Å². The van der Waals surface area contributed by atoms with Crippen molar-refractivity contribution in [3.63, 3.8) is 0 Å². The first-order valence-electron chi connectivity index (χ1n) is 12.4. The number of amides is 2. The number of fused-ring (bicyclic) bond motifs is 2. The number of allylic oxidation sites excluding steroid dienone is 2. The number of methoxy groups -OCH3 is 2. The number of carbonyl (C=O) groups excluding carboxylic acids is 2. The van der Waals surface area contributed by atoms with E-state index in [9.17, 15) is 24.9 Å². The van der Waals surface area contributed by atoms with Crippen molar-refractivity contribution in [3.8, 4) is 11.5 Å². The lowest BCUT2D eigenvalue weighted by Crippen LogP contribution is -2.36. The molecule has 1 heterocycles. The van der Waals surface area contributed by atoms with Crippen LogP contribution in [0.1, 0.15) is 39.7 Å². The number of benzene rings is 1. The molecule has 11 nitrogen and oxygen atoms in total. The van der Waals surface area contributed by atoms with Crippen LogP contribution in [0.5, 0.6) is 11.5 Å². The van der Waals surface area contributed by atoms with Crippen molar-refractivity contribution in [1.29, 1.82) is 0 Å². The number of phenols is 2. The second-order valence-corrected chi connectivity index (χ2v) is 9.60. The number of aromatic hydroxyl groups is 2. The van der Waals surface area contributed by atoms with Gasteiger partial charge in [0, 0.05) is 37.3 Å². The summed E-state index contributed by atoms with van der Waals surface area (Å²) in [4.78, 5) is 24.5. The van der Waals surface area contributed by atoms with Crippen molar-refractivity contribution in [1.82, 2.24) is 0 Å². The van der Waals surface area contributed by atoms with Crippen LogP contribution >= 0.6 is 0 Å².